The summed E-state index contributed by atoms with van der Waals surface area (Å²) in [5, 5.41) is 2.87. The first kappa shape index (κ1) is 26.0. The Kier molecular flexibility index (Phi) is 7.28. The molecule has 0 bridgehead atoms. The van der Waals surface area contributed by atoms with Crippen molar-refractivity contribution in [3.63, 3.8) is 0 Å². The SMILES string of the molecule is COC(=O)[C@H](Cc1ccccc1)NC(=O)c1ccc(-c2cc3c(cc2OC)C(C)(C)CCC3(C)C)s1. The van der Waals surface area contributed by atoms with Crippen LogP contribution in [0.3, 0.4) is 0 Å². The number of hydrogen-bond acceptors (Lipinski definition) is 5. The van der Waals surface area contributed by atoms with Gasteiger partial charge >= 0.3 is 5.97 Å². The number of amides is 1. The maximum Gasteiger partial charge on any atom is 0.328 e. The van der Waals surface area contributed by atoms with Crippen LogP contribution in [0.1, 0.15) is 66.9 Å². The lowest BCUT2D eigenvalue weighted by Gasteiger charge is -2.42. The Balaban J connectivity index is 1.63. The second-order valence-corrected chi connectivity index (χ2v) is 11.9. The Morgan fingerprint density at radius 1 is 0.944 bits per heavy atom. The van der Waals surface area contributed by atoms with Gasteiger partial charge in [0.25, 0.3) is 5.91 Å². The standard InChI is InChI=1S/C30H35NO4S/c1-29(2)14-15-30(3,4)22-18-24(34-5)20(17-21(22)29)25-12-13-26(36-25)27(32)31-23(28(33)35-6)16-19-10-8-7-9-11-19/h7-13,17-18,23H,14-16H2,1-6H3,(H,31,32)/t23-/m0/s1. The van der Waals surface area contributed by atoms with Crippen LogP contribution in [0.2, 0.25) is 0 Å². The number of rotatable bonds is 7. The second-order valence-electron chi connectivity index (χ2n) is 10.8. The normalized spacial score (nSPS) is 16.5. The summed E-state index contributed by atoms with van der Waals surface area (Å²) in [6, 6.07) is 17.0. The quantitative estimate of drug-likeness (QED) is 0.384. The highest BCUT2D eigenvalue weighted by Gasteiger charge is 2.38. The molecule has 3 aromatic rings. The fourth-order valence-corrected chi connectivity index (χ4v) is 5.91. The zero-order valence-corrected chi connectivity index (χ0v) is 22.8. The predicted octanol–water partition coefficient (Wildman–Crippen LogP) is 6.29. The van der Waals surface area contributed by atoms with Gasteiger partial charge in [-0.05, 0) is 64.6 Å². The van der Waals surface area contributed by atoms with Crippen molar-refractivity contribution in [2.24, 2.45) is 0 Å². The van der Waals surface area contributed by atoms with Crippen molar-refractivity contribution in [1.29, 1.82) is 0 Å². The van der Waals surface area contributed by atoms with Gasteiger partial charge in [-0.2, -0.15) is 0 Å². The molecule has 4 rings (SSSR count). The number of carbonyl (C=O) groups is 2. The molecule has 0 radical (unpaired) electrons. The molecular weight excluding hydrogens is 470 g/mol. The molecule has 0 aliphatic heterocycles. The van der Waals surface area contributed by atoms with Crippen molar-refractivity contribution in [1.82, 2.24) is 5.32 Å². The smallest absolute Gasteiger partial charge is 0.328 e. The summed E-state index contributed by atoms with van der Waals surface area (Å²) in [5.41, 5.74) is 4.75. The average Bonchev–Trinajstić information content (AvgIpc) is 3.36. The van der Waals surface area contributed by atoms with Crippen LogP contribution in [0.15, 0.2) is 54.6 Å². The number of hydrogen-bond donors (Lipinski definition) is 1. The molecule has 2 aromatic carbocycles. The number of esters is 1. The first-order chi connectivity index (χ1) is 17.1. The lowest BCUT2D eigenvalue weighted by molar-refractivity contribution is -0.142. The molecule has 6 heteroatoms. The highest BCUT2D eigenvalue weighted by atomic mass is 32.1. The molecule has 1 atom stereocenters. The van der Waals surface area contributed by atoms with Gasteiger partial charge in [0.2, 0.25) is 0 Å². The van der Waals surface area contributed by atoms with Crippen LogP contribution in [0.25, 0.3) is 10.4 Å². The molecule has 0 unspecified atom stereocenters. The molecule has 190 valence electrons. The number of carbonyl (C=O) groups excluding carboxylic acids is 2. The molecule has 1 amide bonds. The van der Waals surface area contributed by atoms with E-state index in [2.05, 4.69) is 45.1 Å². The highest BCUT2D eigenvalue weighted by molar-refractivity contribution is 7.17. The van der Waals surface area contributed by atoms with E-state index in [4.69, 9.17) is 9.47 Å². The van der Waals surface area contributed by atoms with E-state index in [0.717, 1.165) is 34.6 Å². The molecule has 0 saturated carbocycles. The minimum Gasteiger partial charge on any atom is -0.496 e. The Bertz CT molecular complexity index is 1260. The Morgan fingerprint density at radius 2 is 1.58 bits per heavy atom. The fourth-order valence-electron chi connectivity index (χ4n) is 4.97. The predicted molar refractivity (Wildman–Crippen MR) is 145 cm³/mol. The van der Waals surface area contributed by atoms with E-state index >= 15 is 0 Å². The summed E-state index contributed by atoms with van der Waals surface area (Å²) in [6.07, 6.45) is 2.61. The molecule has 1 aliphatic carbocycles. The van der Waals surface area contributed by atoms with E-state index in [1.54, 1.807) is 13.2 Å². The van der Waals surface area contributed by atoms with E-state index < -0.39 is 12.0 Å². The first-order valence-corrected chi connectivity index (χ1v) is 13.1. The van der Waals surface area contributed by atoms with E-state index in [1.807, 2.05) is 36.4 Å². The summed E-state index contributed by atoms with van der Waals surface area (Å²) in [7, 11) is 3.03. The molecule has 1 N–H and O–H groups in total. The number of methoxy groups -OCH3 is 2. The fraction of sp³-hybridized carbons (Fsp3) is 0.400. The van der Waals surface area contributed by atoms with E-state index in [1.165, 1.54) is 29.6 Å². The molecule has 1 heterocycles. The minimum absolute atomic E-state index is 0.0640. The second kappa shape index (κ2) is 10.1. The van der Waals surface area contributed by atoms with Gasteiger partial charge in [0.15, 0.2) is 0 Å². The maximum absolute atomic E-state index is 13.1. The van der Waals surface area contributed by atoms with Crippen LogP contribution in [0.4, 0.5) is 0 Å². The van der Waals surface area contributed by atoms with Crippen molar-refractivity contribution in [2.45, 2.75) is 63.8 Å². The Morgan fingerprint density at radius 3 is 2.19 bits per heavy atom. The number of thiophene rings is 1. The van der Waals surface area contributed by atoms with Crippen molar-refractivity contribution >= 4 is 23.2 Å². The molecule has 1 aromatic heterocycles. The number of benzene rings is 2. The van der Waals surface area contributed by atoms with Gasteiger partial charge in [-0.3, -0.25) is 4.79 Å². The van der Waals surface area contributed by atoms with Gasteiger partial charge in [0.05, 0.1) is 19.1 Å². The van der Waals surface area contributed by atoms with Gasteiger partial charge in [-0.25, -0.2) is 4.79 Å². The summed E-state index contributed by atoms with van der Waals surface area (Å²) >= 11 is 1.40. The number of fused-ring (bicyclic) bond motifs is 1. The molecule has 5 nitrogen and oxygen atoms in total. The van der Waals surface area contributed by atoms with E-state index in [-0.39, 0.29) is 16.7 Å². The third-order valence-corrected chi connectivity index (χ3v) is 8.46. The van der Waals surface area contributed by atoms with Gasteiger partial charge in [0, 0.05) is 16.9 Å². The maximum atomic E-state index is 13.1. The van der Waals surface area contributed by atoms with Crippen molar-refractivity contribution < 1.29 is 19.1 Å². The molecular formula is C30H35NO4S. The molecule has 0 saturated heterocycles. The molecule has 1 aliphatic rings. The summed E-state index contributed by atoms with van der Waals surface area (Å²) < 4.78 is 10.8. The van der Waals surface area contributed by atoms with Crippen molar-refractivity contribution in [3.8, 4) is 16.2 Å². The van der Waals surface area contributed by atoms with E-state index in [0.29, 0.717) is 11.3 Å². The number of nitrogens with one attached hydrogen (secondary N) is 1. The molecule has 36 heavy (non-hydrogen) atoms. The molecule has 0 spiro atoms. The summed E-state index contributed by atoms with van der Waals surface area (Å²) in [5.74, 6) is 0.0472. The third kappa shape index (κ3) is 5.19. The topological polar surface area (TPSA) is 64.6 Å². The molecule has 0 fully saturated rings. The van der Waals surface area contributed by atoms with Gasteiger partial charge in [0.1, 0.15) is 11.8 Å². The van der Waals surface area contributed by atoms with Crippen LogP contribution >= 0.6 is 11.3 Å². The van der Waals surface area contributed by atoms with Crippen LogP contribution < -0.4 is 10.1 Å². The van der Waals surface area contributed by atoms with Gasteiger partial charge < -0.3 is 14.8 Å². The largest absolute Gasteiger partial charge is 0.496 e. The Labute approximate surface area is 217 Å². The summed E-state index contributed by atoms with van der Waals surface area (Å²) in [4.78, 5) is 27.0. The average molecular weight is 506 g/mol. The zero-order valence-electron chi connectivity index (χ0n) is 21.9. The lowest BCUT2D eigenvalue weighted by atomic mass is 9.63. The first-order valence-electron chi connectivity index (χ1n) is 12.3. The van der Waals surface area contributed by atoms with Crippen LogP contribution in [-0.4, -0.2) is 32.1 Å². The highest BCUT2D eigenvalue weighted by Crippen LogP contribution is 2.49. The minimum atomic E-state index is -0.767. The number of ether oxygens (including phenoxy) is 2. The lowest BCUT2D eigenvalue weighted by Crippen LogP contribution is -2.42. The van der Waals surface area contributed by atoms with Gasteiger partial charge in [-0.1, -0.05) is 58.0 Å². The van der Waals surface area contributed by atoms with Gasteiger partial charge in [-0.15, -0.1) is 11.3 Å². The van der Waals surface area contributed by atoms with Crippen molar-refractivity contribution in [3.05, 3.63) is 76.2 Å². The monoisotopic (exact) mass is 505 g/mol. The van der Waals surface area contributed by atoms with E-state index in [9.17, 15) is 9.59 Å². The van der Waals surface area contributed by atoms with Crippen LogP contribution in [0, 0.1) is 0 Å². The zero-order chi connectivity index (χ0) is 26.1. The van der Waals surface area contributed by atoms with Crippen LogP contribution in [-0.2, 0) is 26.8 Å². The van der Waals surface area contributed by atoms with Crippen molar-refractivity contribution in [2.75, 3.05) is 14.2 Å². The summed E-state index contributed by atoms with van der Waals surface area (Å²) in [6.45, 7) is 9.18. The Hall–Kier alpha value is -3.12. The third-order valence-electron chi connectivity index (χ3n) is 7.34. The van der Waals surface area contributed by atoms with Crippen LogP contribution in [0.5, 0.6) is 5.75 Å².